The molecule has 3 nitrogen and oxygen atoms in total. The molecule has 0 aromatic rings. The van der Waals surface area contributed by atoms with E-state index in [0.29, 0.717) is 5.41 Å². The van der Waals surface area contributed by atoms with E-state index < -0.39 is 5.54 Å². The molecule has 3 rings (SSSR count). The zero-order valence-corrected chi connectivity index (χ0v) is 10.3. The average molecular weight is 222 g/mol. The highest BCUT2D eigenvalue weighted by Crippen LogP contribution is 2.62. The first kappa shape index (κ1) is 10.6. The van der Waals surface area contributed by atoms with Gasteiger partial charge >= 0.3 is 0 Å². The Kier molecular flexibility index (Phi) is 1.99. The molecular formula is C13H22N2O. The van der Waals surface area contributed by atoms with Crippen molar-refractivity contribution in [2.45, 2.75) is 45.1 Å². The fraction of sp³-hybridized carbons (Fsp3) is 0.923. The molecule has 1 amide bonds. The number of nitrogens with zero attached hydrogens (tertiary/aromatic N) is 1. The van der Waals surface area contributed by atoms with Crippen LogP contribution in [0.5, 0.6) is 0 Å². The normalized spacial score (nSPS) is 38.6. The highest BCUT2D eigenvalue weighted by atomic mass is 16.2. The van der Waals surface area contributed by atoms with Gasteiger partial charge in [-0.2, -0.15) is 0 Å². The molecule has 2 atom stereocenters. The average Bonchev–Trinajstić information content (AvgIpc) is 2.73. The predicted octanol–water partition coefficient (Wildman–Crippen LogP) is 1.37. The first-order valence-corrected chi connectivity index (χ1v) is 6.53. The topological polar surface area (TPSA) is 46.3 Å². The van der Waals surface area contributed by atoms with Crippen molar-refractivity contribution in [3.63, 3.8) is 0 Å². The van der Waals surface area contributed by atoms with Gasteiger partial charge in [-0.15, -0.1) is 0 Å². The van der Waals surface area contributed by atoms with Gasteiger partial charge in [0.15, 0.2) is 0 Å². The molecule has 0 bridgehead atoms. The highest BCUT2D eigenvalue weighted by molar-refractivity contribution is 5.87. The van der Waals surface area contributed by atoms with Crippen molar-refractivity contribution in [2.24, 2.45) is 23.0 Å². The molecule has 2 aliphatic carbocycles. The van der Waals surface area contributed by atoms with Crippen LogP contribution >= 0.6 is 0 Å². The highest BCUT2D eigenvalue weighted by Gasteiger charge is 2.63. The van der Waals surface area contributed by atoms with Crippen LogP contribution in [0, 0.1) is 17.3 Å². The number of fused-ring (bicyclic) bond motifs is 1. The summed E-state index contributed by atoms with van der Waals surface area (Å²) in [5.74, 6) is 1.70. The summed E-state index contributed by atoms with van der Waals surface area (Å²) in [4.78, 5) is 14.4. The van der Waals surface area contributed by atoms with Crippen LogP contribution in [0.1, 0.15) is 39.5 Å². The summed E-state index contributed by atoms with van der Waals surface area (Å²) in [5.41, 5.74) is 6.19. The summed E-state index contributed by atoms with van der Waals surface area (Å²) in [7, 11) is 0. The van der Waals surface area contributed by atoms with E-state index in [1.54, 1.807) is 0 Å². The van der Waals surface area contributed by atoms with E-state index in [9.17, 15) is 4.79 Å². The third-order valence-electron chi connectivity index (χ3n) is 5.33. The van der Waals surface area contributed by atoms with Gasteiger partial charge in [-0.3, -0.25) is 4.79 Å². The van der Waals surface area contributed by atoms with E-state index in [1.165, 1.54) is 0 Å². The lowest BCUT2D eigenvalue weighted by atomic mass is 9.96. The number of nitrogens with two attached hydrogens (primary N) is 1. The second kappa shape index (κ2) is 3.00. The van der Waals surface area contributed by atoms with Crippen LogP contribution in [0.3, 0.4) is 0 Å². The Balaban J connectivity index is 1.66. The molecular weight excluding hydrogens is 200 g/mol. The number of hydrogen-bond acceptors (Lipinski definition) is 2. The first-order chi connectivity index (χ1) is 7.45. The van der Waals surface area contributed by atoms with Gasteiger partial charge in [0.25, 0.3) is 0 Å². The maximum atomic E-state index is 12.3. The Morgan fingerprint density at radius 3 is 2.19 bits per heavy atom. The predicted molar refractivity (Wildman–Crippen MR) is 62.7 cm³/mol. The summed E-state index contributed by atoms with van der Waals surface area (Å²) >= 11 is 0. The molecule has 16 heavy (non-hydrogen) atoms. The minimum atomic E-state index is -0.513. The van der Waals surface area contributed by atoms with Crippen LogP contribution in [0.15, 0.2) is 0 Å². The lowest BCUT2D eigenvalue weighted by Gasteiger charge is -2.31. The fourth-order valence-corrected chi connectivity index (χ4v) is 3.83. The largest absolute Gasteiger partial charge is 0.340 e. The third kappa shape index (κ3) is 1.27. The van der Waals surface area contributed by atoms with Crippen LogP contribution in [0.25, 0.3) is 0 Å². The maximum absolute atomic E-state index is 12.3. The van der Waals surface area contributed by atoms with Crippen LogP contribution in [-0.4, -0.2) is 29.4 Å². The van der Waals surface area contributed by atoms with Crippen LogP contribution in [0.2, 0.25) is 0 Å². The second-order valence-electron chi connectivity index (χ2n) is 6.61. The standard InChI is InChI=1S/C13H22N2O/c1-12(2)9-7-15(8-10(9)12)11(16)13(14)5-3-4-6-13/h9-10H,3-8,14H2,1-2H3. The fourth-order valence-electron chi connectivity index (χ4n) is 3.83. The van der Waals surface area contributed by atoms with Gasteiger partial charge in [-0.25, -0.2) is 0 Å². The van der Waals surface area contributed by atoms with Crippen LogP contribution < -0.4 is 5.73 Å². The van der Waals surface area contributed by atoms with E-state index in [0.717, 1.165) is 50.6 Å². The van der Waals surface area contributed by atoms with E-state index in [4.69, 9.17) is 5.73 Å². The molecule has 0 radical (unpaired) electrons. The van der Waals surface area contributed by atoms with Gasteiger partial charge in [-0.05, 0) is 30.1 Å². The number of hydrogen-bond donors (Lipinski definition) is 1. The molecule has 1 aliphatic heterocycles. The van der Waals surface area contributed by atoms with Crippen molar-refractivity contribution < 1.29 is 4.79 Å². The number of rotatable bonds is 1. The molecule has 3 heteroatoms. The number of likely N-dealkylation sites (tertiary alicyclic amines) is 1. The number of carbonyl (C=O) groups is 1. The van der Waals surface area contributed by atoms with Crippen molar-refractivity contribution in [3.05, 3.63) is 0 Å². The summed E-state index contributed by atoms with van der Waals surface area (Å²) in [5, 5.41) is 0. The van der Waals surface area contributed by atoms with Gasteiger partial charge in [0.2, 0.25) is 5.91 Å². The van der Waals surface area contributed by atoms with Crippen molar-refractivity contribution in [1.82, 2.24) is 4.90 Å². The number of carbonyl (C=O) groups excluding carboxylic acids is 1. The zero-order valence-electron chi connectivity index (χ0n) is 10.3. The Morgan fingerprint density at radius 1 is 1.19 bits per heavy atom. The SMILES string of the molecule is CC1(C)C2CN(C(=O)C3(N)CCCC3)CC21. The van der Waals surface area contributed by atoms with Crippen molar-refractivity contribution in [2.75, 3.05) is 13.1 Å². The molecule has 1 heterocycles. The van der Waals surface area contributed by atoms with E-state index in [-0.39, 0.29) is 5.91 Å². The van der Waals surface area contributed by atoms with Gasteiger partial charge in [-0.1, -0.05) is 26.7 Å². The lowest BCUT2D eigenvalue weighted by molar-refractivity contribution is -0.136. The molecule has 90 valence electrons. The molecule has 2 N–H and O–H groups in total. The zero-order chi connectivity index (χ0) is 11.6. The lowest BCUT2D eigenvalue weighted by Crippen LogP contribution is -2.53. The Hall–Kier alpha value is -0.570. The maximum Gasteiger partial charge on any atom is 0.242 e. The van der Waals surface area contributed by atoms with Crippen LogP contribution in [0.4, 0.5) is 0 Å². The minimum absolute atomic E-state index is 0.230. The number of amides is 1. The smallest absolute Gasteiger partial charge is 0.242 e. The molecule has 1 saturated heterocycles. The van der Waals surface area contributed by atoms with Gasteiger partial charge in [0.1, 0.15) is 0 Å². The molecule has 2 saturated carbocycles. The minimum Gasteiger partial charge on any atom is -0.340 e. The van der Waals surface area contributed by atoms with Crippen molar-refractivity contribution in [1.29, 1.82) is 0 Å². The summed E-state index contributed by atoms with van der Waals surface area (Å²) in [6.07, 6.45) is 4.02. The monoisotopic (exact) mass is 222 g/mol. The Morgan fingerprint density at radius 2 is 1.69 bits per heavy atom. The molecule has 3 fully saturated rings. The third-order valence-corrected chi connectivity index (χ3v) is 5.33. The first-order valence-electron chi connectivity index (χ1n) is 6.53. The van der Waals surface area contributed by atoms with E-state index in [2.05, 4.69) is 13.8 Å². The summed E-state index contributed by atoms with van der Waals surface area (Å²) < 4.78 is 0. The second-order valence-corrected chi connectivity index (χ2v) is 6.61. The van der Waals surface area contributed by atoms with E-state index >= 15 is 0 Å². The van der Waals surface area contributed by atoms with Crippen LogP contribution in [-0.2, 0) is 4.79 Å². The molecule has 0 aromatic heterocycles. The van der Waals surface area contributed by atoms with Crippen molar-refractivity contribution in [3.8, 4) is 0 Å². The summed E-state index contributed by atoms with van der Waals surface area (Å²) in [6, 6.07) is 0. The van der Waals surface area contributed by atoms with Gasteiger partial charge in [0, 0.05) is 13.1 Å². The molecule has 0 aromatic carbocycles. The molecule has 2 unspecified atom stereocenters. The van der Waals surface area contributed by atoms with E-state index in [1.807, 2.05) is 4.90 Å². The van der Waals surface area contributed by atoms with Crippen molar-refractivity contribution >= 4 is 5.91 Å². The van der Waals surface area contributed by atoms with Gasteiger partial charge in [0.05, 0.1) is 5.54 Å². The summed E-state index contributed by atoms with van der Waals surface area (Å²) in [6.45, 7) is 6.54. The Bertz CT molecular complexity index is 317. The molecule has 0 spiro atoms. The Labute approximate surface area is 97.4 Å². The quantitative estimate of drug-likeness (QED) is 0.728. The molecule has 3 aliphatic rings. The number of piperidine rings is 1. The van der Waals surface area contributed by atoms with Gasteiger partial charge < -0.3 is 10.6 Å².